The monoisotopic (exact) mass is 244 g/mol. The molecule has 3 heteroatoms. The molecule has 0 radical (unpaired) electrons. The Morgan fingerprint density at radius 2 is 1.94 bits per heavy atom. The smallest absolute Gasteiger partial charge is 0.319 e. The molecule has 2 fully saturated rings. The summed E-state index contributed by atoms with van der Waals surface area (Å²) >= 11 is 0. The molecule has 2 atom stereocenters. The van der Waals surface area contributed by atoms with Crippen LogP contribution < -0.4 is 0 Å². The topological polar surface area (TPSA) is 23.6 Å². The van der Waals surface area contributed by atoms with E-state index in [0.717, 1.165) is 31.5 Å². The van der Waals surface area contributed by atoms with Gasteiger partial charge in [0.05, 0.1) is 0 Å². The third-order valence-electron chi connectivity index (χ3n) is 4.17. The largest absolute Gasteiger partial charge is 0.326 e. The Balaban J connectivity index is 1.49. The molecule has 1 saturated heterocycles. The summed E-state index contributed by atoms with van der Waals surface area (Å²) in [5, 5.41) is 0. The molecule has 1 aliphatic heterocycles. The Kier molecular flexibility index (Phi) is 2.98. The molecule has 0 bridgehead atoms. The molecule has 2 unspecified atom stereocenters. The minimum absolute atomic E-state index is 0.209. The van der Waals surface area contributed by atoms with Crippen LogP contribution >= 0.6 is 0 Å². The van der Waals surface area contributed by atoms with Gasteiger partial charge < -0.3 is 9.80 Å². The second kappa shape index (κ2) is 4.63. The zero-order valence-electron chi connectivity index (χ0n) is 10.9. The van der Waals surface area contributed by atoms with E-state index in [1.807, 2.05) is 16.8 Å². The summed E-state index contributed by atoms with van der Waals surface area (Å²) in [4.78, 5) is 15.6. The second-order valence-electron chi connectivity index (χ2n) is 5.60. The van der Waals surface area contributed by atoms with E-state index in [-0.39, 0.29) is 6.03 Å². The highest BCUT2D eigenvalue weighted by Gasteiger charge is 2.40. The molecule has 0 spiro atoms. The van der Waals surface area contributed by atoms with Gasteiger partial charge in [0, 0.05) is 26.7 Å². The number of likely N-dealkylation sites (N-methyl/N-ethyl adjacent to an activating group) is 1. The van der Waals surface area contributed by atoms with Crippen molar-refractivity contribution in [2.45, 2.75) is 12.8 Å². The summed E-state index contributed by atoms with van der Waals surface area (Å²) in [7, 11) is 1.89. The molecule has 1 saturated carbocycles. The molecule has 3 nitrogen and oxygen atoms in total. The number of amides is 2. The molecule has 1 aromatic carbocycles. The van der Waals surface area contributed by atoms with Gasteiger partial charge in [-0.2, -0.15) is 0 Å². The van der Waals surface area contributed by atoms with Crippen LogP contribution in [0.3, 0.4) is 0 Å². The molecule has 2 amide bonds. The summed E-state index contributed by atoms with van der Waals surface area (Å²) in [6, 6.07) is 10.9. The standard InChI is InChI=1S/C15H20N2O/c1-16-7-8-17(15(16)18)11-14-10-13(14)9-12-5-3-2-4-6-12/h2-6,13-14H,7-11H2,1H3. The average molecular weight is 244 g/mol. The zero-order chi connectivity index (χ0) is 12.5. The number of hydrogen-bond acceptors (Lipinski definition) is 1. The lowest BCUT2D eigenvalue weighted by atomic mass is 10.1. The quantitative estimate of drug-likeness (QED) is 0.796. The summed E-state index contributed by atoms with van der Waals surface area (Å²) in [5.74, 6) is 1.51. The van der Waals surface area contributed by atoms with E-state index >= 15 is 0 Å². The van der Waals surface area contributed by atoms with Gasteiger partial charge in [-0.05, 0) is 30.2 Å². The number of urea groups is 1. The molecular formula is C15H20N2O. The maximum Gasteiger partial charge on any atom is 0.319 e. The van der Waals surface area contributed by atoms with Crippen molar-refractivity contribution in [3.8, 4) is 0 Å². The van der Waals surface area contributed by atoms with Crippen LogP contribution in [0.5, 0.6) is 0 Å². The van der Waals surface area contributed by atoms with Crippen molar-refractivity contribution in [2.75, 3.05) is 26.7 Å². The number of nitrogens with zero attached hydrogens (tertiary/aromatic N) is 2. The predicted molar refractivity (Wildman–Crippen MR) is 71.3 cm³/mol. The van der Waals surface area contributed by atoms with Crippen LogP contribution in [-0.4, -0.2) is 42.5 Å². The average Bonchev–Trinajstić information content (AvgIpc) is 3.04. The first-order valence-electron chi connectivity index (χ1n) is 6.78. The Morgan fingerprint density at radius 3 is 2.61 bits per heavy atom. The van der Waals surface area contributed by atoms with Crippen molar-refractivity contribution in [2.24, 2.45) is 11.8 Å². The van der Waals surface area contributed by atoms with Crippen molar-refractivity contribution in [1.29, 1.82) is 0 Å². The van der Waals surface area contributed by atoms with E-state index in [4.69, 9.17) is 0 Å². The summed E-state index contributed by atoms with van der Waals surface area (Å²) < 4.78 is 0. The molecule has 1 heterocycles. The van der Waals surface area contributed by atoms with Gasteiger partial charge in [0.25, 0.3) is 0 Å². The van der Waals surface area contributed by atoms with Gasteiger partial charge in [-0.15, -0.1) is 0 Å². The molecule has 0 N–H and O–H groups in total. The highest BCUT2D eigenvalue weighted by Crippen LogP contribution is 2.41. The second-order valence-corrected chi connectivity index (χ2v) is 5.60. The minimum Gasteiger partial charge on any atom is -0.326 e. The molecule has 1 aliphatic carbocycles. The molecule has 18 heavy (non-hydrogen) atoms. The van der Waals surface area contributed by atoms with Crippen molar-refractivity contribution >= 4 is 6.03 Å². The lowest BCUT2D eigenvalue weighted by molar-refractivity contribution is 0.196. The SMILES string of the molecule is CN1CCN(CC2CC2Cc2ccccc2)C1=O. The van der Waals surface area contributed by atoms with Gasteiger partial charge in [0.15, 0.2) is 0 Å². The van der Waals surface area contributed by atoms with Crippen molar-refractivity contribution in [3.05, 3.63) is 35.9 Å². The lowest BCUT2D eigenvalue weighted by Gasteiger charge is -2.15. The van der Waals surface area contributed by atoms with Gasteiger partial charge in [0.2, 0.25) is 0 Å². The van der Waals surface area contributed by atoms with E-state index in [1.165, 1.54) is 18.4 Å². The zero-order valence-corrected chi connectivity index (χ0v) is 10.9. The fourth-order valence-electron chi connectivity index (χ4n) is 2.86. The Hall–Kier alpha value is -1.51. The summed E-state index contributed by atoms with van der Waals surface area (Å²) in [5.41, 5.74) is 1.43. The Bertz CT molecular complexity index is 431. The minimum atomic E-state index is 0.209. The number of carbonyl (C=O) groups excluding carboxylic acids is 1. The Morgan fingerprint density at radius 1 is 1.17 bits per heavy atom. The van der Waals surface area contributed by atoms with Gasteiger partial charge in [-0.25, -0.2) is 4.79 Å². The first kappa shape index (κ1) is 11.6. The molecule has 96 valence electrons. The highest BCUT2D eigenvalue weighted by atomic mass is 16.2. The highest BCUT2D eigenvalue weighted by molar-refractivity contribution is 5.76. The van der Waals surface area contributed by atoms with E-state index in [1.54, 1.807) is 0 Å². The third kappa shape index (κ3) is 2.35. The van der Waals surface area contributed by atoms with Crippen molar-refractivity contribution in [3.63, 3.8) is 0 Å². The normalized spacial score (nSPS) is 26.8. The van der Waals surface area contributed by atoms with Crippen LogP contribution in [0, 0.1) is 11.8 Å². The van der Waals surface area contributed by atoms with E-state index in [9.17, 15) is 4.79 Å². The molecular weight excluding hydrogens is 224 g/mol. The number of carbonyl (C=O) groups is 1. The number of benzene rings is 1. The van der Waals surface area contributed by atoms with E-state index < -0.39 is 0 Å². The fourth-order valence-corrected chi connectivity index (χ4v) is 2.86. The molecule has 1 aromatic rings. The lowest BCUT2D eigenvalue weighted by Crippen LogP contribution is -2.31. The van der Waals surface area contributed by atoms with Crippen LogP contribution in [0.25, 0.3) is 0 Å². The first-order chi connectivity index (χ1) is 8.74. The van der Waals surface area contributed by atoms with Crippen molar-refractivity contribution in [1.82, 2.24) is 9.80 Å². The molecule has 2 aliphatic rings. The maximum atomic E-state index is 11.8. The van der Waals surface area contributed by atoms with Gasteiger partial charge in [0.1, 0.15) is 0 Å². The van der Waals surface area contributed by atoms with Crippen LogP contribution in [0.4, 0.5) is 4.79 Å². The van der Waals surface area contributed by atoms with E-state index in [2.05, 4.69) is 30.3 Å². The van der Waals surface area contributed by atoms with Crippen LogP contribution in [0.15, 0.2) is 30.3 Å². The number of rotatable bonds is 4. The van der Waals surface area contributed by atoms with Crippen LogP contribution in [0.1, 0.15) is 12.0 Å². The van der Waals surface area contributed by atoms with E-state index in [0.29, 0.717) is 0 Å². The third-order valence-corrected chi connectivity index (χ3v) is 4.17. The van der Waals surface area contributed by atoms with Gasteiger partial charge in [-0.1, -0.05) is 30.3 Å². The fraction of sp³-hybridized carbons (Fsp3) is 0.533. The van der Waals surface area contributed by atoms with Crippen LogP contribution in [-0.2, 0) is 6.42 Å². The molecule has 3 rings (SSSR count). The maximum absolute atomic E-state index is 11.8. The summed E-state index contributed by atoms with van der Waals surface area (Å²) in [6.45, 7) is 2.75. The Labute approximate surface area is 108 Å². The van der Waals surface area contributed by atoms with Crippen molar-refractivity contribution < 1.29 is 4.79 Å². The number of hydrogen-bond donors (Lipinski definition) is 0. The first-order valence-corrected chi connectivity index (χ1v) is 6.78. The summed E-state index contributed by atoms with van der Waals surface area (Å²) in [6.07, 6.45) is 2.45. The molecule has 0 aromatic heterocycles. The predicted octanol–water partition coefficient (Wildman–Crippen LogP) is 2.23. The van der Waals surface area contributed by atoms with Crippen LogP contribution in [0.2, 0.25) is 0 Å². The van der Waals surface area contributed by atoms with Gasteiger partial charge >= 0.3 is 6.03 Å². The van der Waals surface area contributed by atoms with Gasteiger partial charge in [-0.3, -0.25) is 0 Å².